The summed E-state index contributed by atoms with van der Waals surface area (Å²) in [6.07, 6.45) is 9.42. The third kappa shape index (κ3) is 3.58. The molecule has 0 saturated heterocycles. The molecule has 4 atom stereocenters. The van der Waals surface area contributed by atoms with E-state index >= 15 is 0 Å². The third-order valence-corrected chi connectivity index (χ3v) is 9.27. The summed E-state index contributed by atoms with van der Waals surface area (Å²) in [5, 5.41) is 11.4. The number of phenolic OH excluding ortho intramolecular Hbond substituents is 1. The van der Waals surface area contributed by atoms with Gasteiger partial charge < -0.3 is 14.6 Å². The number of hydrogen-bond acceptors (Lipinski definition) is 4. The lowest BCUT2D eigenvalue weighted by Gasteiger charge is -2.34. The molecule has 4 nitrogen and oxygen atoms in total. The molecule has 34 heavy (non-hydrogen) atoms. The van der Waals surface area contributed by atoms with Crippen molar-refractivity contribution in [1.29, 1.82) is 0 Å². The average molecular weight is 469 g/mol. The summed E-state index contributed by atoms with van der Waals surface area (Å²) in [6, 6.07) is 4.14. The van der Waals surface area contributed by atoms with Gasteiger partial charge in [0.1, 0.15) is 18.1 Å². The summed E-state index contributed by atoms with van der Waals surface area (Å²) < 4.78 is 11.6. The normalized spacial score (nSPS) is 29.2. The molecule has 2 fully saturated rings. The van der Waals surface area contributed by atoms with Crippen molar-refractivity contribution in [3.63, 3.8) is 0 Å². The van der Waals surface area contributed by atoms with Crippen LogP contribution in [0.25, 0.3) is 0 Å². The number of aromatic hydroxyl groups is 1. The lowest BCUT2D eigenvalue weighted by Crippen LogP contribution is -2.30. The van der Waals surface area contributed by atoms with Crippen molar-refractivity contribution >= 4 is 5.97 Å². The number of carbonyl (C=O) groups excluding carboxylic acids is 1. The minimum atomic E-state index is -0.507. The fraction of sp³-hybridized carbons (Fsp3) is 0.700. The Bertz CT molecular complexity index is 998. The molecule has 0 aliphatic heterocycles. The zero-order valence-electron chi connectivity index (χ0n) is 22.5. The standard InChI is InChI=1S/C30H44O4/c1-9-10-11-12-13-28(5,6)20-14-22(31)25(23(15-20)33-8)30-17-19(18-34-26(32)27(2,3)4)21-16-24(30)29(21,30)7/h14-15,17,21,24,31H,9-13,16,18H2,1-8H3/t21-,24?,29?,30+/m1/s1. The monoisotopic (exact) mass is 468 g/mol. The number of esters is 1. The number of phenols is 1. The van der Waals surface area contributed by atoms with Crippen LogP contribution in [0, 0.1) is 22.7 Å². The van der Waals surface area contributed by atoms with Crippen molar-refractivity contribution in [2.75, 3.05) is 13.7 Å². The van der Waals surface area contributed by atoms with Gasteiger partial charge in [0, 0.05) is 11.0 Å². The molecule has 0 aromatic heterocycles. The highest BCUT2D eigenvalue weighted by molar-refractivity contribution is 5.76. The summed E-state index contributed by atoms with van der Waals surface area (Å²) in [7, 11) is 1.71. The fourth-order valence-corrected chi connectivity index (χ4v) is 6.96. The largest absolute Gasteiger partial charge is 0.507 e. The number of benzene rings is 1. The predicted molar refractivity (Wildman–Crippen MR) is 136 cm³/mol. The molecule has 3 aliphatic carbocycles. The van der Waals surface area contributed by atoms with Gasteiger partial charge in [-0.1, -0.05) is 59.5 Å². The molecule has 188 valence electrons. The van der Waals surface area contributed by atoms with Crippen LogP contribution in [0.3, 0.4) is 0 Å². The smallest absolute Gasteiger partial charge is 0.311 e. The molecule has 4 rings (SSSR count). The molecule has 2 unspecified atom stereocenters. The average Bonchev–Trinajstić information content (AvgIpc) is 3.07. The first-order valence-electron chi connectivity index (χ1n) is 13.2. The number of methoxy groups -OCH3 is 1. The van der Waals surface area contributed by atoms with E-state index in [0.717, 1.165) is 29.7 Å². The van der Waals surface area contributed by atoms with E-state index in [-0.39, 0.29) is 22.2 Å². The van der Waals surface area contributed by atoms with Gasteiger partial charge in [0.15, 0.2) is 0 Å². The third-order valence-electron chi connectivity index (χ3n) is 9.27. The van der Waals surface area contributed by atoms with Crippen molar-refractivity contribution in [1.82, 2.24) is 0 Å². The lowest BCUT2D eigenvalue weighted by atomic mass is 9.71. The number of carbonyl (C=O) groups is 1. The van der Waals surface area contributed by atoms with E-state index in [1.807, 2.05) is 26.8 Å². The summed E-state index contributed by atoms with van der Waals surface area (Å²) in [5.74, 6) is 1.88. The highest BCUT2D eigenvalue weighted by Gasteiger charge is 2.86. The summed E-state index contributed by atoms with van der Waals surface area (Å²) in [5.41, 5.74) is 2.58. The summed E-state index contributed by atoms with van der Waals surface area (Å²) in [6.45, 7) is 15.1. The fourth-order valence-electron chi connectivity index (χ4n) is 6.96. The Balaban J connectivity index is 1.62. The molecule has 1 aromatic rings. The van der Waals surface area contributed by atoms with Gasteiger partial charge in [-0.3, -0.25) is 4.79 Å². The van der Waals surface area contributed by atoms with Crippen LogP contribution in [0.2, 0.25) is 0 Å². The Morgan fingerprint density at radius 1 is 1.15 bits per heavy atom. The van der Waals surface area contributed by atoms with Crippen LogP contribution >= 0.6 is 0 Å². The van der Waals surface area contributed by atoms with Crippen LogP contribution in [-0.4, -0.2) is 24.8 Å². The number of fused-ring (bicyclic) bond motifs is 1. The zero-order valence-corrected chi connectivity index (χ0v) is 22.5. The van der Waals surface area contributed by atoms with Gasteiger partial charge in [-0.15, -0.1) is 0 Å². The topological polar surface area (TPSA) is 55.8 Å². The molecule has 4 heteroatoms. The van der Waals surface area contributed by atoms with E-state index in [1.54, 1.807) is 7.11 Å². The molecule has 0 bridgehead atoms. The van der Waals surface area contributed by atoms with Crippen molar-refractivity contribution in [2.45, 2.75) is 97.8 Å². The Hall–Kier alpha value is -1.97. The quantitative estimate of drug-likeness (QED) is 0.227. The summed E-state index contributed by atoms with van der Waals surface area (Å²) in [4.78, 5) is 12.4. The van der Waals surface area contributed by atoms with Gasteiger partial charge in [-0.05, 0) is 79.5 Å². The number of ether oxygens (including phenoxy) is 2. The predicted octanol–water partition coefficient (Wildman–Crippen LogP) is 7.07. The van der Waals surface area contributed by atoms with Crippen LogP contribution in [0.15, 0.2) is 23.8 Å². The van der Waals surface area contributed by atoms with E-state index in [9.17, 15) is 9.90 Å². The highest BCUT2D eigenvalue weighted by atomic mass is 16.5. The molecular weight excluding hydrogens is 424 g/mol. The Morgan fingerprint density at radius 3 is 2.47 bits per heavy atom. The van der Waals surface area contributed by atoms with Crippen molar-refractivity contribution < 1.29 is 19.4 Å². The van der Waals surface area contributed by atoms with E-state index in [0.29, 0.717) is 24.2 Å². The van der Waals surface area contributed by atoms with Crippen LogP contribution < -0.4 is 4.74 Å². The van der Waals surface area contributed by atoms with Gasteiger partial charge in [-0.2, -0.15) is 0 Å². The van der Waals surface area contributed by atoms with Crippen LogP contribution in [-0.2, 0) is 20.4 Å². The molecule has 0 spiro atoms. The number of unbranched alkanes of at least 4 members (excludes halogenated alkanes) is 3. The van der Waals surface area contributed by atoms with Crippen LogP contribution in [0.4, 0.5) is 0 Å². The second-order valence-electron chi connectivity index (χ2n) is 12.8. The van der Waals surface area contributed by atoms with Crippen molar-refractivity contribution in [2.24, 2.45) is 22.7 Å². The van der Waals surface area contributed by atoms with Crippen molar-refractivity contribution in [3.05, 3.63) is 34.9 Å². The van der Waals surface area contributed by atoms with E-state index in [4.69, 9.17) is 9.47 Å². The zero-order chi connectivity index (χ0) is 25.1. The maximum Gasteiger partial charge on any atom is 0.311 e. The molecule has 0 heterocycles. The van der Waals surface area contributed by atoms with Gasteiger partial charge in [-0.25, -0.2) is 0 Å². The van der Waals surface area contributed by atoms with E-state index < -0.39 is 5.41 Å². The molecule has 1 N–H and O–H groups in total. The first-order chi connectivity index (χ1) is 15.8. The van der Waals surface area contributed by atoms with Gasteiger partial charge in [0.25, 0.3) is 0 Å². The Labute approximate surface area is 206 Å². The number of rotatable bonds is 10. The molecular formula is C30H44O4. The van der Waals surface area contributed by atoms with Gasteiger partial charge in [0.2, 0.25) is 0 Å². The molecule has 1 aromatic carbocycles. The first kappa shape index (κ1) is 25.1. The van der Waals surface area contributed by atoms with Gasteiger partial charge in [0.05, 0.1) is 12.5 Å². The molecule has 3 aliphatic rings. The van der Waals surface area contributed by atoms with Crippen molar-refractivity contribution in [3.8, 4) is 11.5 Å². The molecule has 0 radical (unpaired) electrons. The van der Waals surface area contributed by atoms with Gasteiger partial charge >= 0.3 is 5.97 Å². The van der Waals surface area contributed by atoms with Crippen LogP contribution in [0.5, 0.6) is 11.5 Å². The molecule has 0 amide bonds. The number of allylic oxidation sites excluding steroid dienone is 1. The SMILES string of the molecule is CCCCCCC(C)(C)c1cc(O)c([C@]23C=C(COC(=O)C(C)(C)C)[C@H]4CC2C43C)c(OC)c1. The van der Waals surface area contributed by atoms with E-state index in [1.165, 1.54) is 31.3 Å². The Morgan fingerprint density at radius 2 is 1.85 bits per heavy atom. The summed E-state index contributed by atoms with van der Waals surface area (Å²) >= 11 is 0. The number of hydrogen-bond donors (Lipinski definition) is 1. The molecule has 2 saturated carbocycles. The lowest BCUT2D eigenvalue weighted by molar-refractivity contribution is -0.152. The minimum absolute atomic E-state index is 0.0263. The maximum atomic E-state index is 12.4. The second kappa shape index (κ2) is 8.31. The van der Waals surface area contributed by atoms with E-state index in [2.05, 4.69) is 39.8 Å². The first-order valence-corrected chi connectivity index (χ1v) is 13.2. The maximum absolute atomic E-state index is 12.4. The van der Waals surface area contributed by atoms with Crippen LogP contribution in [0.1, 0.15) is 98.1 Å². The second-order valence-corrected chi connectivity index (χ2v) is 12.8. The minimum Gasteiger partial charge on any atom is -0.507 e. The highest BCUT2D eigenvalue weighted by Crippen LogP contribution is 2.89. The Kier molecular flexibility index (Phi) is 6.14.